The maximum absolute atomic E-state index is 12.4. The molecule has 4 saturated heterocycles. The van der Waals surface area contributed by atoms with E-state index < -0.39 is 177 Å². The molecule has 28 heteroatoms. The summed E-state index contributed by atoms with van der Waals surface area (Å²) in [5, 5.41) is 103. The van der Waals surface area contributed by atoms with Crippen LogP contribution < -0.4 is 21.7 Å². The number of nitrogens with two attached hydrogens (primary N) is 1. The van der Waals surface area contributed by atoms with Crippen LogP contribution >= 0.6 is 0 Å². The number of aliphatic hydroxyl groups excluding tert-OH is 9. The van der Waals surface area contributed by atoms with E-state index in [2.05, 4.69) is 20.1 Å². The van der Waals surface area contributed by atoms with E-state index in [0.717, 1.165) is 20.8 Å². The predicted molar refractivity (Wildman–Crippen MR) is 179 cm³/mol. The Morgan fingerprint density at radius 1 is 0.586 bits per heavy atom. The van der Waals surface area contributed by atoms with E-state index in [1.807, 2.05) is 0 Å². The molecule has 336 valence electrons. The van der Waals surface area contributed by atoms with Crippen molar-refractivity contribution in [3.63, 3.8) is 0 Å². The van der Waals surface area contributed by atoms with E-state index in [-0.39, 0.29) is 0 Å². The average molecular weight is 868 g/mol. The topological polar surface area (TPSA) is 426 Å². The van der Waals surface area contributed by atoms with Crippen molar-refractivity contribution < 1.29 is 111 Å². The maximum atomic E-state index is 12.4. The summed E-state index contributed by atoms with van der Waals surface area (Å²) in [6.07, 6.45) is -28.2. The summed E-state index contributed by atoms with van der Waals surface area (Å²) in [5.74, 6) is -2.36. The smallest absolute Gasteiger partial charge is 0.217 e. The van der Waals surface area contributed by atoms with Gasteiger partial charge in [-0.15, -0.1) is 0 Å². The van der Waals surface area contributed by atoms with Crippen molar-refractivity contribution in [1.29, 1.82) is 0 Å². The van der Waals surface area contributed by atoms with Gasteiger partial charge in [-0.2, -0.15) is 0 Å². The number of rotatable bonds is 15. The van der Waals surface area contributed by atoms with Crippen LogP contribution in [-0.2, 0) is 62.1 Å². The molecule has 4 aliphatic rings. The monoisotopic (exact) mass is 867 g/mol. The molecule has 4 rings (SSSR count). The molecule has 14 N–H and O–H groups in total. The van der Waals surface area contributed by atoms with Crippen LogP contribution in [0.15, 0.2) is 0 Å². The molecule has 0 spiro atoms. The van der Waals surface area contributed by atoms with Crippen molar-refractivity contribution >= 4 is 28.1 Å². The minimum atomic E-state index is -5.38. The Kier molecular flexibility index (Phi) is 17.0. The van der Waals surface area contributed by atoms with Crippen molar-refractivity contribution in [2.75, 3.05) is 26.4 Å². The van der Waals surface area contributed by atoms with Gasteiger partial charge in [0.05, 0.1) is 32.5 Å². The lowest BCUT2D eigenvalue weighted by Crippen LogP contribution is -2.71. The quantitative estimate of drug-likeness (QED) is 0.0537. The van der Waals surface area contributed by atoms with Crippen molar-refractivity contribution in [2.24, 2.45) is 5.73 Å². The van der Waals surface area contributed by atoms with Gasteiger partial charge in [-0.1, -0.05) is 0 Å². The van der Waals surface area contributed by atoms with Crippen LogP contribution in [0.5, 0.6) is 0 Å². The zero-order valence-electron chi connectivity index (χ0n) is 31.1. The molecule has 4 heterocycles. The maximum Gasteiger partial charge on any atom is 0.217 e. The third-order valence-electron chi connectivity index (χ3n) is 9.69. The summed E-state index contributed by atoms with van der Waals surface area (Å²) in [6, 6.07) is -6.44. The van der Waals surface area contributed by atoms with Gasteiger partial charge in [-0.3, -0.25) is 18.6 Å². The van der Waals surface area contributed by atoms with Crippen LogP contribution in [0.1, 0.15) is 20.8 Å². The molecule has 0 aromatic heterocycles. The summed E-state index contributed by atoms with van der Waals surface area (Å²) < 4.78 is 78.1. The lowest BCUT2D eigenvalue weighted by atomic mass is 9.93. The zero-order chi connectivity index (χ0) is 43.4. The summed E-state index contributed by atoms with van der Waals surface area (Å²) in [7, 11) is -5.38. The number of carbonyl (C=O) groups excluding carboxylic acids is 3. The fourth-order valence-electron chi connectivity index (χ4n) is 6.95. The minimum Gasteiger partial charge on any atom is -0.726 e. The fourth-order valence-corrected chi connectivity index (χ4v) is 7.25. The van der Waals surface area contributed by atoms with Gasteiger partial charge in [-0.25, -0.2) is 8.42 Å². The molecular weight excluding hydrogens is 816 g/mol. The Bertz CT molecular complexity index is 1500. The normalized spacial score (nSPS) is 43.6. The van der Waals surface area contributed by atoms with Gasteiger partial charge in [0.2, 0.25) is 28.1 Å². The number of hydrogen-bond donors (Lipinski definition) is 13. The van der Waals surface area contributed by atoms with Crippen molar-refractivity contribution in [1.82, 2.24) is 16.0 Å². The molecule has 27 nitrogen and oxygen atoms in total. The van der Waals surface area contributed by atoms with Gasteiger partial charge in [-0.05, 0) is 0 Å². The first-order valence-electron chi connectivity index (χ1n) is 17.8. The molecule has 0 radical (unpaired) electrons. The highest BCUT2D eigenvalue weighted by atomic mass is 32.3. The summed E-state index contributed by atoms with van der Waals surface area (Å²) in [5.41, 5.74) is 5.97. The molecule has 58 heavy (non-hydrogen) atoms. The molecule has 3 amide bonds. The summed E-state index contributed by atoms with van der Waals surface area (Å²) in [6.45, 7) is -0.755. The molecule has 0 aliphatic carbocycles. The van der Waals surface area contributed by atoms with Crippen LogP contribution in [0, 0.1) is 0 Å². The first kappa shape index (κ1) is 48.3. The fraction of sp³-hybridized carbons (Fsp3) is 0.900. The van der Waals surface area contributed by atoms with E-state index in [4.69, 9.17) is 38.9 Å². The highest BCUT2D eigenvalue weighted by Gasteiger charge is 2.56. The zero-order valence-corrected chi connectivity index (χ0v) is 31.9. The predicted octanol–water partition coefficient (Wildman–Crippen LogP) is -9.87. The first-order valence-corrected chi connectivity index (χ1v) is 19.1. The van der Waals surface area contributed by atoms with Crippen molar-refractivity contribution in [3.05, 3.63) is 0 Å². The van der Waals surface area contributed by atoms with Gasteiger partial charge in [0, 0.05) is 20.8 Å². The highest BCUT2D eigenvalue weighted by molar-refractivity contribution is 7.80. The van der Waals surface area contributed by atoms with Gasteiger partial charge in [0.1, 0.15) is 91.4 Å². The third kappa shape index (κ3) is 11.5. The molecular formula is C30H51N4O23S-. The Morgan fingerprint density at radius 3 is 1.38 bits per heavy atom. The van der Waals surface area contributed by atoms with Crippen LogP contribution in [0.4, 0.5) is 0 Å². The molecule has 20 atom stereocenters. The Balaban J connectivity index is 1.62. The van der Waals surface area contributed by atoms with E-state index in [0.29, 0.717) is 0 Å². The van der Waals surface area contributed by atoms with Gasteiger partial charge >= 0.3 is 0 Å². The second-order valence-electron chi connectivity index (χ2n) is 13.9. The molecule has 4 fully saturated rings. The highest BCUT2D eigenvalue weighted by Crippen LogP contribution is 2.34. The second-order valence-corrected chi connectivity index (χ2v) is 15.0. The van der Waals surface area contributed by atoms with E-state index >= 15 is 0 Å². The first-order chi connectivity index (χ1) is 27.1. The summed E-state index contributed by atoms with van der Waals surface area (Å²) in [4.78, 5) is 36.5. The standard InChI is InChI=1S/C30H52N4O23S/c1-8(38)32-16-21(43)26(14(51-27(16)46)7-50-58(47,48)49)57-30-18(34-10(3)40)23(45)25(13(6-37)54-30)56-29-17(33-9(2)39)22(44)24(12(5-36)53-29)55-28-15(31)20(42)19(41)11(4-35)52-28/h11-30,35-37,41-46H,4-7,31H2,1-3H3,(H,32,38)(H,33,39)(H,34,40)(H,47,48,49)/p-1/t11?,12-,13?,14-,15?,16?,17?,18?,19+,20-,21?,22?,23-,24-,25+,26-,27?,28+,29-,30+/m1/s1. The summed E-state index contributed by atoms with van der Waals surface area (Å²) >= 11 is 0. The van der Waals surface area contributed by atoms with Crippen LogP contribution in [0.2, 0.25) is 0 Å². The lowest BCUT2D eigenvalue weighted by Gasteiger charge is -2.50. The largest absolute Gasteiger partial charge is 0.726 e. The van der Waals surface area contributed by atoms with Gasteiger partial charge in [0.25, 0.3) is 0 Å². The second kappa shape index (κ2) is 20.4. The van der Waals surface area contributed by atoms with Crippen LogP contribution in [0.3, 0.4) is 0 Å². The number of carbonyl (C=O) groups is 3. The number of nitrogens with one attached hydrogen (secondary N) is 3. The SMILES string of the molecule is CC(=O)NC1C(O)O[C@H](COS(=O)(=O)[O-])[C@@H](O[C@@H]2OC(CO)[C@H](O[C@H]3O[C@H](CO)[C@@H](O[C@@H]4OC(CO)[C@H](O)[C@H](O)C4N)C(O)C3NC(C)=O)[C@H](O)C2NC(C)=O)C1O. The van der Waals surface area contributed by atoms with E-state index in [1.165, 1.54) is 0 Å². The lowest BCUT2D eigenvalue weighted by molar-refractivity contribution is -0.361. The molecule has 0 bridgehead atoms. The molecule has 0 saturated carbocycles. The number of aliphatic hydroxyl groups is 9. The number of hydrogen-bond acceptors (Lipinski definition) is 24. The Labute approximate surface area is 330 Å². The molecule has 0 aromatic carbocycles. The Hall–Kier alpha value is -2.40. The Morgan fingerprint density at radius 2 is 0.966 bits per heavy atom. The average Bonchev–Trinajstić information content (AvgIpc) is 3.14. The van der Waals surface area contributed by atoms with Crippen LogP contribution in [-0.4, -0.2) is 226 Å². The number of amides is 3. The van der Waals surface area contributed by atoms with Crippen LogP contribution in [0.25, 0.3) is 0 Å². The third-order valence-corrected chi connectivity index (χ3v) is 10.1. The molecule has 0 aromatic rings. The van der Waals surface area contributed by atoms with Crippen molar-refractivity contribution in [2.45, 2.75) is 143 Å². The van der Waals surface area contributed by atoms with E-state index in [1.54, 1.807) is 0 Å². The molecule has 9 unspecified atom stereocenters. The molecule has 4 aliphatic heterocycles. The minimum absolute atomic E-state index is 0.767. The number of ether oxygens (including phenoxy) is 7. The van der Waals surface area contributed by atoms with Gasteiger partial charge in [0.15, 0.2) is 25.2 Å². The van der Waals surface area contributed by atoms with Gasteiger partial charge < -0.3 is 105 Å². The van der Waals surface area contributed by atoms with Crippen molar-refractivity contribution in [3.8, 4) is 0 Å². The van der Waals surface area contributed by atoms with E-state index in [9.17, 15) is 73.3 Å².